The Balaban J connectivity index is 2.78. The molecule has 0 aliphatic rings. The van der Waals surface area contributed by atoms with Gasteiger partial charge in [-0.15, -0.1) is 0 Å². The molecule has 1 aromatic rings. The summed E-state index contributed by atoms with van der Waals surface area (Å²) in [6, 6.07) is 3.72. The number of phenols is 1. The van der Waals surface area contributed by atoms with Crippen molar-refractivity contribution in [2.75, 3.05) is 0 Å². The molecule has 19 heavy (non-hydrogen) atoms. The largest absolute Gasteiger partial charge is 0.507 e. The number of carbonyl (C=O) groups is 2. The summed E-state index contributed by atoms with van der Waals surface area (Å²) in [6.45, 7) is 3.75. The average Bonchev–Trinajstić information content (AvgIpc) is 2.33. The van der Waals surface area contributed by atoms with Crippen molar-refractivity contribution in [2.45, 2.75) is 39.2 Å². The Bertz CT molecular complexity index is 471. The normalized spacial score (nSPS) is 11.9. The Hall–Kier alpha value is -2.04. The molecule has 0 radical (unpaired) electrons. The highest BCUT2D eigenvalue weighted by Crippen LogP contribution is 2.18. The van der Waals surface area contributed by atoms with Crippen LogP contribution in [0.1, 0.15) is 42.1 Å². The summed E-state index contributed by atoms with van der Waals surface area (Å²) in [5, 5.41) is 21.1. The zero-order chi connectivity index (χ0) is 14.4. The maximum atomic E-state index is 11.9. The van der Waals surface area contributed by atoms with Gasteiger partial charge in [0, 0.05) is 0 Å². The third-order valence-corrected chi connectivity index (χ3v) is 2.85. The Labute approximate surface area is 112 Å². The van der Waals surface area contributed by atoms with E-state index in [0.717, 1.165) is 18.4 Å². The van der Waals surface area contributed by atoms with Crippen molar-refractivity contribution in [3.05, 3.63) is 29.3 Å². The lowest BCUT2D eigenvalue weighted by molar-refractivity contribution is -0.139. The van der Waals surface area contributed by atoms with Crippen LogP contribution in [0.5, 0.6) is 5.75 Å². The number of phenolic OH excluding ortho intramolecular Hbond substituents is 1. The number of nitrogens with one attached hydrogen (secondary N) is 1. The molecule has 3 N–H and O–H groups in total. The molecule has 0 aliphatic heterocycles. The first-order valence-corrected chi connectivity index (χ1v) is 6.29. The second-order valence-electron chi connectivity index (χ2n) is 4.53. The summed E-state index contributed by atoms with van der Waals surface area (Å²) < 4.78 is 0. The summed E-state index contributed by atoms with van der Waals surface area (Å²) >= 11 is 0. The Morgan fingerprint density at radius 3 is 2.58 bits per heavy atom. The van der Waals surface area contributed by atoms with Gasteiger partial charge in [0.15, 0.2) is 0 Å². The van der Waals surface area contributed by atoms with E-state index >= 15 is 0 Å². The summed E-state index contributed by atoms with van der Waals surface area (Å²) in [5.74, 6) is -1.77. The number of benzene rings is 1. The van der Waals surface area contributed by atoms with Crippen molar-refractivity contribution in [3.63, 3.8) is 0 Å². The van der Waals surface area contributed by atoms with E-state index in [2.05, 4.69) is 5.32 Å². The van der Waals surface area contributed by atoms with Gasteiger partial charge in [-0.25, -0.2) is 4.79 Å². The number of aromatic hydroxyl groups is 1. The van der Waals surface area contributed by atoms with Gasteiger partial charge in [-0.1, -0.05) is 25.8 Å². The molecule has 1 amide bonds. The van der Waals surface area contributed by atoms with E-state index < -0.39 is 17.9 Å². The molecular weight excluding hydrogens is 246 g/mol. The van der Waals surface area contributed by atoms with Crippen molar-refractivity contribution in [1.29, 1.82) is 0 Å². The smallest absolute Gasteiger partial charge is 0.326 e. The highest BCUT2D eigenvalue weighted by molar-refractivity contribution is 5.98. The summed E-state index contributed by atoms with van der Waals surface area (Å²) in [4.78, 5) is 23.0. The van der Waals surface area contributed by atoms with Crippen molar-refractivity contribution in [3.8, 4) is 5.75 Å². The van der Waals surface area contributed by atoms with Crippen LogP contribution in [0.2, 0.25) is 0 Å². The van der Waals surface area contributed by atoms with Gasteiger partial charge in [0.05, 0.1) is 5.56 Å². The fraction of sp³-hybridized carbons (Fsp3) is 0.429. The number of carboxylic acids is 1. The van der Waals surface area contributed by atoms with Crippen LogP contribution in [0, 0.1) is 6.92 Å². The predicted molar refractivity (Wildman–Crippen MR) is 71.3 cm³/mol. The van der Waals surface area contributed by atoms with E-state index in [1.54, 1.807) is 13.0 Å². The lowest BCUT2D eigenvalue weighted by Crippen LogP contribution is -2.40. The minimum absolute atomic E-state index is 0.0911. The van der Waals surface area contributed by atoms with Crippen molar-refractivity contribution < 1.29 is 19.8 Å². The third kappa shape index (κ3) is 4.28. The molecule has 0 bridgehead atoms. The van der Waals surface area contributed by atoms with E-state index in [0.29, 0.717) is 6.42 Å². The molecule has 0 aromatic heterocycles. The predicted octanol–water partition coefficient (Wildman–Crippen LogP) is 2.07. The summed E-state index contributed by atoms with van der Waals surface area (Å²) in [7, 11) is 0. The monoisotopic (exact) mass is 265 g/mol. The first kappa shape index (κ1) is 15.0. The minimum atomic E-state index is -1.06. The number of carbonyl (C=O) groups excluding carboxylic acids is 1. The number of hydrogen-bond donors (Lipinski definition) is 3. The highest BCUT2D eigenvalue weighted by Gasteiger charge is 2.21. The number of aryl methyl sites for hydroxylation is 1. The summed E-state index contributed by atoms with van der Waals surface area (Å²) in [5.41, 5.74) is 0.920. The first-order chi connectivity index (χ1) is 8.95. The molecule has 0 spiro atoms. The molecule has 104 valence electrons. The SMILES string of the molecule is CCCCC(NC(=O)c1ccc(C)cc1O)C(=O)O. The Kier molecular flexibility index (Phi) is 5.36. The molecular formula is C14H19NO4. The van der Waals surface area contributed by atoms with Gasteiger partial charge in [-0.2, -0.15) is 0 Å². The molecule has 0 heterocycles. The number of hydrogen-bond acceptors (Lipinski definition) is 3. The van der Waals surface area contributed by atoms with Crippen LogP contribution in [0.25, 0.3) is 0 Å². The van der Waals surface area contributed by atoms with Crippen LogP contribution in [0.4, 0.5) is 0 Å². The molecule has 0 saturated carbocycles. The fourth-order valence-electron chi connectivity index (χ4n) is 1.74. The molecule has 1 unspecified atom stereocenters. The molecule has 0 aliphatic carbocycles. The van der Waals surface area contributed by atoms with E-state index in [1.165, 1.54) is 12.1 Å². The second-order valence-corrected chi connectivity index (χ2v) is 4.53. The molecule has 0 fully saturated rings. The second kappa shape index (κ2) is 6.78. The molecule has 5 nitrogen and oxygen atoms in total. The third-order valence-electron chi connectivity index (χ3n) is 2.85. The van der Waals surface area contributed by atoms with E-state index in [1.807, 2.05) is 6.92 Å². The number of aliphatic carboxylic acids is 1. The Morgan fingerprint density at radius 2 is 2.05 bits per heavy atom. The molecule has 1 rings (SSSR count). The van der Waals surface area contributed by atoms with Crippen LogP contribution >= 0.6 is 0 Å². The zero-order valence-corrected chi connectivity index (χ0v) is 11.1. The topological polar surface area (TPSA) is 86.6 Å². The standard InChI is InChI=1S/C14H19NO4/c1-3-4-5-11(14(18)19)15-13(17)10-7-6-9(2)8-12(10)16/h6-8,11,16H,3-5H2,1-2H3,(H,15,17)(H,18,19). The van der Waals surface area contributed by atoms with Gasteiger partial charge in [-0.05, 0) is 31.0 Å². The van der Waals surface area contributed by atoms with E-state index in [-0.39, 0.29) is 11.3 Å². The lowest BCUT2D eigenvalue weighted by Gasteiger charge is -2.14. The molecule has 1 aromatic carbocycles. The first-order valence-electron chi connectivity index (χ1n) is 6.29. The maximum Gasteiger partial charge on any atom is 0.326 e. The lowest BCUT2D eigenvalue weighted by atomic mass is 10.1. The van der Waals surface area contributed by atoms with E-state index in [4.69, 9.17) is 5.11 Å². The van der Waals surface area contributed by atoms with Crippen LogP contribution in [-0.2, 0) is 4.79 Å². The number of rotatable bonds is 6. The van der Waals surface area contributed by atoms with Crippen molar-refractivity contribution >= 4 is 11.9 Å². The number of amides is 1. The summed E-state index contributed by atoms with van der Waals surface area (Å²) in [6.07, 6.45) is 1.96. The number of carboxylic acid groups (broad SMARTS) is 1. The van der Waals surface area contributed by atoms with Crippen LogP contribution in [0.15, 0.2) is 18.2 Å². The number of unbranched alkanes of at least 4 members (excludes halogenated alkanes) is 1. The minimum Gasteiger partial charge on any atom is -0.507 e. The average molecular weight is 265 g/mol. The van der Waals surface area contributed by atoms with Gasteiger partial charge in [0.25, 0.3) is 5.91 Å². The van der Waals surface area contributed by atoms with Gasteiger partial charge in [0.1, 0.15) is 11.8 Å². The fourth-order valence-corrected chi connectivity index (χ4v) is 1.74. The van der Waals surface area contributed by atoms with Crippen molar-refractivity contribution in [2.24, 2.45) is 0 Å². The Morgan fingerprint density at radius 1 is 1.37 bits per heavy atom. The van der Waals surface area contributed by atoms with Crippen LogP contribution in [-0.4, -0.2) is 28.1 Å². The zero-order valence-electron chi connectivity index (χ0n) is 11.1. The van der Waals surface area contributed by atoms with Crippen LogP contribution in [0.3, 0.4) is 0 Å². The van der Waals surface area contributed by atoms with Crippen molar-refractivity contribution in [1.82, 2.24) is 5.32 Å². The van der Waals surface area contributed by atoms with Gasteiger partial charge in [0.2, 0.25) is 0 Å². The maximum absolute atomic E-state index is 11.9. The highest BCUT2D eigenvalue weighted by atomic mass is 16.4. The van der Waals surface area contributed by atoms with Gasteiger partial charge in [-0.3, -0.25) is 4.79 Å². The quantitative estimate of drug-likeness (QED) is 0.735. The van der Waals surface area contributed by atoms with Crippen LogP contribution < -0.4 is 5.32 Å². The van der Waals surface area contributed by atoms with Gasteiger partial charge < -0.3 is 15.5 Å². The van der Waals surface area contributed by atoms with Gasteiger partial charge >= 0.3 is 5.97 Å². The molecule has 0 saturated heterocycles. The molecule has 5 heteroatoms. The van der Waals surface area contributed by atoms with E-state index in [9.17, 15) is 14.7 Å². The molecule has 1 atom stereocenters.